The number of amides is 2. The first-order valence-electron chi connectivity index (χ1n) is 4.01. The first kappa shape index (κ1) is 11.4. The Morgan fingerprint density at radius 2 is 1.38 bits per heavy atom. The van der Waals surface area contributed by atoms with Crippen LogP contribution in [0.4, 0.5) is 0 Å². The Bertz CT molecular complexity index is 190. The fourth-order valence-corrected chi connectivity index (χ4v) is 0.782. The maximum absolute atomic E-state index is 10.8. The number of carbonyl (C=O) groups is 2. The van der Waals surface area contributed by atoms with Crippen molar-refractivity contribution in [2.45, 2.75) is 19.3 Å². The van der Waals surface area contributed by atoms with Crippen LogP contribution in [0.2, 0.25) is 0 Å². The van der Waals surface area contributed by atoms with Crippen LogP contribution < -0.4 is 10.6 Å². The summed E-state index contributed by atoms with van der Waals surface area (Å²) < 4.78 is 0. The molecular formula is C9H14N2O2. The molecule has 0 radical (unpaired) electrons. The van der Waals surface area contributed by atoms with Gasteiger partial charge in [-0.15, -0.1) is 0 Å². The summed E-state index contributed by atoms with van der Waals surface area (Å²) in [5.74, 6) is -0.247. The third kappa shape index (κ3) is 6.80. The summed E-state index contributed by atoms with van der Waals surface area (Å²) in [6, 6.07) is 0. The molecule has 0 aliphatic carbocycles. The summed E-state index contributed by atoms with van der Waals surface area (Å²) >= 11 is 0. The Morgan fingerprint density at radius 1 is 1.00 bits per heavy atom. The molecule has 0 bridgehead atoms. The molecule has 0 fully saturated rings. The second-order valence-corrected chi connectivity index (χ2v) is 2.40. The molecule has 0 saturated heterocycles. The predicted molar refractivity (Wildman–Crippen MR) is 50.5 cm³/mol. The monoisotopic (exact) mass is 182 g/mol. The van der Waals surface area contributed by atoms with E-state index in [9.17, 15) is 9.59 Å². The van der Waals surface area contributed by atoms with Crippen molar-refractivity contribution in [1.29, 1.82) is 0 Å². The second-order valence-electron chi connectivity index (χ2n) is 2.40. The molecule has 0 aliphatic rings. The van der Waals surface area contributed by atoms with Crippen LogP contribution >= 0.6 is 0 Å². The summed E-state index contributed by atoms with van der Waals surface area (Å²) in [6.07, 6.45) is 3.84. The number of rotatable bonds is 6. The van der Waals surface area contributed by atoms with Gasteiger partial charge in [-0.2, -0.15) is 0 Å². The Kier molecular flexibility index (Phi) is 6.23. The van der Waals surface area contributed by atoms with Crippen LogP contribution in [-0.2, 0) is 9.59 Å². The van der Waals surface area contributed by atoms with Crippen molar-refractivity contribution in [3.8, 4) is 0 Å². The zero-order valence-electron chi connectivity index (χ0n) is 7.51. The van der Waals surface area contributed by atoms with Gasteiger partial charge < -0.3 is 10.6 Å². The molecule has 0 aromatic heterocycles. The normalized spacial score (nSPS) is 8.62. The number of carbonyl (C=O) groups excluding carboxylic acids is 2. The number of hydrogen-bond acceptors (Lipinski definition) is 2. The maximum atomic E-state index is 10.8. The smallest absolute Gasteiger partial charge is 0.223 e. The second kappa shape index (κ2) is 7.09. The predicted octanol–water partition coefficient (Wildman–Crippen LogP) is 0.676. The molecule has 0 spiro atoms. The molecule has 0 unspecified atom stereocenters. The van der Waals surface area contributed by atoms with Crippen molar-refractivity contribution in [2.24, 2.45) is 0 Å². The standard InChI is InChI=1S/C9H14N2O2/c1-3-10-8(12)6-5-7-9(13)11-4-2/h3-4H,1-2,5-7H2,(H,10,12)(H,11,13). The van der Waals surface area contributed by atoms with E-state index in [0.717, 1.165) is 0 Å². The Labute approximate surface area is 77.7 Å². The Balaban J connectivity index is 3.43. The maximum Gasteiger partial charge on any atom is 0.223 e. The fourth-order valence-electron chi connectivity index (χ4n) is 0.782. The van der Waals surface area contributed by atoms with Gasteiger partial charge in [0.1, 0.15) is 0 Å². The zero-order chi connectivity index (χ0) is 10.1. The van der Waals surface area contributed by atoms with Crippen LogP contribution in [0.5, 0.6) is 0 Å². The molecule has 0 aromatic rings. The summed E-state index contributed by atoms with van der Waals surface area (Å²) in [7, 11) is 0. The molecule has 4 nitrogen and oxygen atoms in total. The van der Waals surface area contributed by atoms with Gasteiger partial charge in [-0.1, -0.05) is 13.2 Å². The molecular weight excluding hydrogens is 168 g/mol. The van der Waals surface area contributed by atoms with Gasteiger partial charge in [0.2, 0.25) is 11.8 Å². The van der Waals surface area contributed by atoms with E-state index in [4.69, 9.17) is 0 Å². The molecule has 4 heteroatoms. The minimum atomic E-state index is -0.124. The fraction of sp³-hybridized carbons (Fsp3) is 0.333. The average Bonchev–Trinajstić information content (AvgIpc) is 2.05. The highest BCUT2D eigenvalue weighted by Crippen LogP contribution is 1.94. The minimum Gasteiger partial charge on any atom is -0.333 e. The third-order valence-electron chi connectivity index (χ3n) is 1.33. The van der Waals surface area contributed by atoms with Crippen LogP contribution in [0.15, 0.2) is 25.6 Å². The SMILES string of the molecule is C=CNC(=O)CCCC(=O)NC=C. The van der Waals surface area contributed by atoms with E-state index in [1.807, 2.05) is 0 Å². The van der Waals surface area contributed by atoms with E-state index < -0.39 is 0 Å². The van der Waals surface area contributed by atoms with E-state index in [2.05, 4.69) is 23.8 Å². The van der Waals surface area contributed by atoms with Gasteiger partial charge in [0.15, 0.2) is 0 Å². The number of nitrogens with one attached hydrogen (secondary N) is 2. The van der Waals surface area contributed by atoms with Gasteiger partial charge in [-0.25, -0.2) is 0 Å². The first-order valence-corrected chi connectivity index (χ1v) is 4.01. The van der Waals surface area contributed by atoms with E-state index >= 15 is 0 Å². The van der Waals surface area contributed by atoms with Crippen molar-refractivity contribution in [3.63, 3.8) is 0 Å². The lowest BCUT2D eigenvalue weighted by Crippen LogP contribution is -2.19. The van der Waals surface area contributed by atoms with Crippen molar-refractivity contribution in [1.82, 2.24) is 10.6 Å². The summed E-state index contributed by atoms with van der Waals surface area (Å²) in [6.45, 7) is 6.70. The molecule has 0 atom stereocenters. The summed E-state index contributed by atoms with van der Waals surface area (Å²) in [5.41, 5.74) is 0. The van der Waals surface area contributed by atoms with E-state index in [1.54, 1.807) is 0 Å². The van der Waals surface area contributed by atoms with Crippen molar-refractivity contribution < 1.29 is 9.59 Å². The molecule has 0 heterocycles. The molecule has 2 N–H and O–H groups in total. The van der Waals surface area contributed by atoms with Gasteiger partial charge in [-0.05, 0) is 18.8 Å². The molecule has 2 amide bonds. The lowest BCUT2D eigenvalue weighted by molar-refractivity contribution is -0.121. The summed E-state index contributed by atoms with van der Waals surface area (Å²) in [4.78, 5) is 21.7. The van der Waals surface area contributed by atoms with Gasteiger partial charge in [-0.3, -0.25) is 9.59 Å². The molecule has 0 aliphatic heterocycles. The van der Waals surface area contributed by atoms with Gasteiger partial charge in [0.25, 0.3) is 0 Å². The van der Waals surface area contributed by atoms with Crippen LogP contribution in [-0.4, -0.2) is 11.8 Å². The zero-order valence-corrected chi connectivity index (χ0v) is 7.51. The van der Waals surface area contributed by atoms with Gasteiger partial charge in [0, 0.05) is 12.8 Å². The third-order valence-corrected chi connectivity index (χ3v) is 1.33. The lowest BCUT2D eigenvalue weighted by Gasteiger charge is -1.99. The highest BCUT2D eigenvalue weighted by Gasteiger charge is 2.01. The Morgan fingerprint density at radius 3 is 1.69 bits per heavy atom. The molecule has 0 saturated carbocycles. The van der Waals surface area contributed by atoms with Crippen LogP contribution in [0.3, 0.4) is 0 Å². The minimum absolute atomic E-state index is 0.124. The van der Waals surface area contributed by atoms with Crippen LogP contribution in [0, 0.1) is 0 Å². The van der Waals surface area contributed by atoms with E-state index in [1.165, 1.54) is 12.4 Å². The highest BCUT2D eigenvalue weighted by molar-refractivity contribution is 5.79. The lowest BCUT2D eigenvalue weighted by atomic mass is 10.2. The Hall–Kier alpha value is -1.58. The molecule has 0 aromatic carbocycles. The highest BCUT2D eigenvalue weighted by atomic mass is 16.2. The largest absolute Gasteiger partial charge is 0.333 e. The van der Waals surface area contributed by atoms with Gasteiger partial charge in [0.05, 0.1) is 0 Å². The van der Waals surface area contributed by atoms with Crippen LogP contribution in [0.25, 0.3) is 0 Å². The van der Waals surface area contributed by atoms with Crippen molar-refractivity contribution in [3.05, 3.63) is 25.6 Å². The van der Waals surface area contributed by atoms with Gasteiger partial charge >= 0.3 is 0 Å². The molecule has 0 rings (SSSR count). The van der Waals surface area contributed by atoms with E-state index in [0.29, 0.717) is 19.3 Å². The number of hydrogen-bond donors (Lipinski definition) is 2. The summed E-state index contributed by atoms with van der Waals surface area (Å²) in [5, 5.41) is 4.85. The average molecular weight is 182 g/mol. The molecule has 72 valence electrons. The van der Waals surface area contributed by atoms with Crippen molar-refractivity contribution in [2.75, 3.05) is 0 Å². The van der Waals surface area contributed by atoms with E-state index in [-0.39, 0.29) is 11.8 Å². The van der Waals surface area contributed by atoms with Crippen molar-refractivity contribution >= 4 is 11.8 Å². The topological polar surface area (TPSA) is 58.2 Å². The van der Waals surface area contributed by atoms with Crippen LogP contribution in [0.1, 0.15) is 19.3 Å². The molecule has 13 heavy (non-hydrogen) atoms. The first-order chi connectivity index (χ1) is 6.20. The quantitative estimate of drug-likeness (QED) is 0.634.